The van der Waals surface area contributed by atoms with Crippen LogP contribution in [0.5, 0.6) is 0 Å². The van der Waals surface area contributed by atoms with Gasteiger partial charge in [0, 0.05) is 6.07 Å². The van der Waals surface area contributed by atoms with E-state index in [1.807, 2.05) is 0 Å². The molecule has 4 nitrogen and oxygen atoms in total. The highest BCUT2D eigenvalue weighted by Gasteiger charge is 1.73. The minimum absolute atomic E-state index is 0. The molecule has 0 atom stereocenters. The Balaban J connectivity index is 0.000000360. The summed E-state index contributed by atoms with van der Waals surface area (Å²) in [7, 11) is 0. The number of rotatable bonds is 0. The Labute approximate surface area is 39.7 Å². The van der Waals surface area contributed by atoms with Crippen molar-refractivity contribution >= 4 is 0 Å². The summed E-state index contributed by atoms with van der Waals surface area (Å²) in [5, 5.41) is 2.07. The van der Waals surface area contributed by atoms with Crippen LogP contribution in [-0.4, -0.2) is 5.16 Å². The Hall–Kier alpha value is -1.03. The average Bonchev–Trinajstić information content (AvgIpc) is 1.86. The van der Waals surface area contributed by atoms with E-state index >= 15 is 0 Å². The quantitative estimate of drug-likeness (QED) is 0.488. The Morgan fingerprint density at radius 2 is 2.43 bits per heavy atom. The summed E-state index contributed by atoms with van der Waals surface area (Å²) in [6, 6.07) is 1.31. The SMILES string of the molecule is N.O=c1cco[nH]1. The summed E-state index contributed by atoms with van der Waals surface area (Å²) < 4.78 is 4.28. The van der Waals surface area contributed by atoms with Gasteiger partial charge in [0.1, 0.15) is 6.26 Å². The molecule has 1 heterocycles. The van der Waals surface area contributed by atoms with E-state index in [1.165, 1.54) is 12.3 Å². The van der Waals surface area contributed by atoms with Gasteiger partial charge in [0.15, 0.2) is 0 Å². The van der Waals surface area contributed by atoms with E-state index in [0.29, 0.717) is 0 Å². The highest BCUT2D eigenvalue weighted by Crippen LogP contribution is 1.62. The number of hydrogen-bond acceptors (Lipinski definition) is 3. The summed E-state index contributed by atoms with van der Waals surface area (Å²) in [5.41, 5.74) is -0.199. The molecule has 0 saturated carbocycles. The van der Waals surface area contributed by atoms with Gasteiger partial charge in [-0.15, -0.1) is 0 Å². The Morgan fingerprint density at radius 1 is 1.71 bits per heavy atom. The maximum Gasteiger partial charge on any atom is 0.279 e. The van der Waals surface area contributed by atoms with Gasteiger partial charge < -0.3 is 10.7 Å². The van der Waals surface area contributed by atoms with Crippen molar-refractivity contribution in [3.05, 3.63) is 22.7 Å². The van der Waals surface area contributed by atoms with Crippen molar-refractivity contribution in [2.24, 2.45) is 0 Å². The lowest BCUT2D eigenvalue weighted by atomic mass is 10.8. The molecule has 0 saturated heterocycles. The predicted molar refractivity (Wildman–Crippen MR) is 24.4 cm³/mol. The number of hydrogen-bond donors (Lipinski definition) is 2. The monoisotopic (exact) mass is 102 g/mol. The van der Waals surface area contributed by atoms with E-state index in [-0.39, 0.29) is 11.7 Å². The minimum Gasteiger partial charge on any atom is -0.387 e. The van der Waals surface area contributed by atoms with E-state index in [0.717, 1.165) is 0 Å². The maximum absolute atomic E-state index is 9.92. The third-order valence-electron chi connectivity index (χ3n) is 0.447. The molecule has 0 aromatic carbocycles. The second-order valence-electron chi connectivity index (χ2n) is 0.887. The molecule has 0 aliphatic rings. The van der Waals surface area contributed by atoms with Gasteiger partial charge in [0.05, 0.1) is 0 Å². The zero-order valence-electron chi connectivity index (χ0n) is 3.68. The van der Waals surface area contributed by atoms with Crippen molar-refractivity contribution in [3.8, 4) is 0 Å². The largest absolute Gasteiger partial charge is 0.387 e. The third kappa shape index (κ3) is 1.23. The Morgan fingerprint density at radius 3 is 2.57 bits per heavy atom. The molecule has 0 spiro atoms. The molecule has 1 rings (SSSR count). The van der Waals surface area contributed by atoms with Crippen LogP contribution in [0, 0.1) is 0 Å². The van der Waals surface area contributed by atoms with E-state index in [4.69, 9.17) is 0 Å². The lowest BCUT2D eigenvalue weighted by Crippen LogP contribution is -1.91. The second kappa shape index (κ2) is 2.20. The van der Waals surface area contributed by atoms with Gasteiger partial charge in [-0.2, -0.15) is 5.16 Å². The van der Waals surface area contributed by atoms with Gasteiger partial charge >= 0.3 is 0 Å². The molecular formula is C3H6N2O2. The molecule has 0 fully saturated rings. The second-order valence-corrected chi connectivity index (χ2v) is 0.887. The van der Waals surface area contributed by atoms with Crippen LogP contribution < -0.4 is 11.7 Å². The first kappa shape index (κ1) is 5.97. The van der Waals surface area contributed by atoms with Crippen molar-refractivity contribution < 1.29 is 4.52 Å². The van der Waals surface area contributed by atoms with E-state index in [1.54, 1.807) is 0 Å². The summed E-state index contributed by atoms with van der Waals surface area (Å²) in [4.78, 5) is 9.92. The maximum atomic E-state index is 9.92. The van der Waals surface area contributed by atoms with Gasteiger partial charge in [-0.3, -0.25) is 4.79 Å². The highest BCUT2D eigenvalue weighted by molar-refractivity contribution is 4.71. The van der Waals surface area contributed by atoms with E-state index < -0.39 is 0 Å². The summed E-state index contributed by atoms with van der Waals surface area (Å²) in [5.74, 6) is 0. The molecular weight excluding hydrogens is 96.0 g/mol. The van der Waals surface area contributed by atoms with Gasteiger partial charge in [0.25, 0.3) is 5.56 Å². The van der Waals surface area contributed by atoms with Gasteiger partial charge in [0.2, 0.25) is 0 Å². The van der Waals surface area contributed by atoms with E-state index in [2.05, 4.69) is 9.68 Å². The van der Waals surface area contributed by atoms with Gasteiger partial charge in [-0.1, -0.05) is 0 Å². The van der Waals surface area contributed by atoms with Crippen LogP contribution >= 0.6 is 0 Å². The van der Waals surface area contributed by atoms with Crippen LogP contribution in [0.1, 0.15) is 0 Å². The van der Waals surface area contributed by atoms with Crippen molar-refractivity contribution in [1.29, 1.82) is 0 Å². The molecule has 0 aliphatic heterocycles. The fraction of sp³-hybridized carbons (Fsp3) is 0. The van der Waals surface area contributed by atoms with Crippen molar-refractivity contribution in [2.45, 2.75) is 0 Å². The van der Waals surface area contributed by atoms with Crippen molar-refractivity contribution in [3.63, 3.8) is 0 Å². The van der Waals surface area contributed by atoms with Crippen LogP contribution in [-0.2, 0) is 0 Å². The number of nitrogens with one attached hydrogen (secondary N) is 1. The van der Waals surface area contributed by atoms with E-state index in [9.17, 15) is 4.79 Å². The summed E-state index contributed by atoms with van der Waals surface area (Å²) >= 11 is 0. The van der Waals surface area contributed by atoms with Crippen LogP contribution in [0.4, 0.5) is 0 Å². The number of aromatic nitrogens is 1. The molecule has 0 radical (unpaired) electrons. The molecule has 40 valence electrons. The van der Waals surface area contributed by atoms with Crippen LogP contribution in [0.15, 0.2) is 21.6 Å². The summed E-state index contributed by atoms with van der Waals surface area (Å²) in [6.45, 7) is 0. The average molecular weight is 102 g/mol. The molecule has 0 bridgehead atoms. The number of H-pyrrole nitrogens is 1. The lowest BCUT2D eigenvalue weighted by molar-refractivity contribution is 0.413. The van der Waals surface area contributed by atoms with Crippen LogP contribution in [0.25, 0.3) is 0 Å². The fourth-order valence-corrected chi connectivity index (χ4v) is 0.222. The molecule has 0 aliphatic carbocycles. The molecule has 1 aromatic heterocycles. The first-order valence-electron chi connectivity index (χ1n) is 1.52. The third-order valence-corrected chi connectivity index (χ3v) is 0.447. The first-order chi connectivity index (χ1) is 2.89. The van der Waals surface area contributed by atoms with Crippen molar-refractivity contribution in [1.82, 2.24) is 11.3 Å². The van der Waals surface area contributed by atoms with Crippen LogP contribution in [0.2, 0.25) is 0 Å². The molecule has 4 N–H and O–H groups in total. The van der Waals surface area contributed by atoms with Gasteiger partial charge in [-0.25, -0.2) is 0 Å². The molecule has 1 aromatic rings. The van der Waals surface area contributed by atoms with Crippen molar-refractivity contribution in [2.75, 3.05) is 0 Å². The Kier molecular flexibility index (Phi) is 1.87. The minimum atomic E-state index is -0.199. The smallest absolute Gasteiger partial charge is 0.279 e. The summed E-state index contributed by atoms with van der Waals surface area (Å²) in [6.07, 6.45) is 1.29. The fourth-order valence-electron chi connectivity index (χ4n) is 0.222. The molecule has 4 heteroatoms. The lowest BCUT2D eigenvalue weighted by Gasteiger charge is -1.54. The first-order valence-corrected chi connectivity index (χ1v) is 1.52. The normalized spacial score (nSPS) is 7.43. The molecule has 0 unspecified atom stereocenters. The van der Waals surface area contributed by atoms with Crippen LogP contribution in [0.3, 0.4) is 0 Å². The zero-order valence-corrected chi connectivity index (χ0v) is 3.68. The number of aromatic amines is 1. The Bertz CT molecular complexity index is 149. The topological polar surface area (TPSA) is 81.0 Å². The van der Waals surface area contributed by atoms with Gasteiger partial charge in [-0.05, 0) is 0 Å². The standard InChI is InChI=1S/C3H3NO2.H3N/c5-3-1-2-6-4-3;/h1-2H,(H,4,5);1H3. The highest BCUT2D eigenvalue weighted by atomic mass is 16.5. The molecule has 0 amide bonds. The molecule has 7 heavy (non-hydrogen) atoms. The zero-order chi connectivity index (χ0) is 4.41. The predicted octanol–water partition coefficient (Wildman–Crippen LogP) is 0.130.